The summed E-state index contributed by atoms with van der Waals surface area (Å²) in [6, 6.07) is 60.5. The minimum absolute atomic E-state index is 0.959. The second-order valence-electron chi connectivity index (χ2n) is 11.9. The summed E-state index contributed by atoms with van der Waals surface area (Å²) in [7, 11) is 0. The Hall–Kier alpha value is -6.12. The smallest absolute Gasteiger partial charge is 0.0716 e. The van der Waals surface area contributed by atoms with Crippen LogP contribution in [0.2, 0.25) is 0 Å². The fourth-order valence-corrected chi connectivity index (χ4v) is 6.58. The van der Waals surface area contributed by atoms with Crippen LogP contribution in [0.3, 0.4) is 0 Å². The van der Waals surface area contributed by atoms with Crippen molar-refractivity contribution in [2.45, 2.75) is 0 Å². The lowest BCUT2D eigenvalue weighted by molar-refractivity contribution is 1.39. The fraction of sp³-hybridized carbons (Fsp3) is 0. The van der Waals surface area contributed by atoms with E-state index in [0.29, 0.717) is 0 Å². The van der Waals surface area contributed by atoms with Gasteiger partial charge in [-0.05, 0) is 92.3 Å². The molecule has 0 radical (unpaired) electrons. The highest BCUT2D eigenvalue weighted by Gasteiger charge is 2.13. The molecule has 7 aromatic carbocycles. The highest BCUT2D eigenvalue weighted by molar-refractivity contribution is 6.01. The molecule has 2 nitrogen and oxygen atoms in total. The Morgan fingerprint density at radius 3 is 1.65 bits per heavy atom. The molecule has 0 spiro atoms. The molecule has 214 valence electrons. The van der Waals surface area contributed by atoms with Gasteiger partial charge in [0.25, 0.3) is 0 Å². The summed E-state index contributed by atoms with van der Waals surface area (Å²) in [6.45, 7) is 0. The van der Waals surface area contributed by atoms with Crippen LogP contribution in [0.5, 0.6) is 0 Å². The largest absolute Gasteiger partial charge is 0.248 e. The van der Waals surface area contributed by atoms with Gasteiger partial charge in [-0.25, -0.2) is 9.97 Å². The van der Waals surface area contributed by atoms with Gasteiger partial charge < -0.3 is 0 Å². The topological polar surface area (TPSA) is 25.8 Å². The van der Waals surface area contributed by atoms with Gasteiger partial charge in [-0.15, -0.1) is 0 Å². The number of benzene rings is 7. The average molecular weight is 585 g/mol. The number of hydrogen-bond donors (Lipinski definition) is 0. The van der Waals surface area contributed by atoms with Gasteiger partial charge in [-0.2, -0.15) is 0 Å². The van der Waals surface area contributed by atoms with E-state index in [1.165, 1.54) is 32.7 Å². The van der Waals surface area contributed by atoms with Crippen molar-refractivity contribution in [3.05, 3.63) is 170 Å². The van der Waals surface area contributed by atoms with Crippen molar-refractivity contribution < 1.29 is 0 Å². The number of aromatic nitrogens is 2. The summed E-state index contributed by atoms with van der Waals surface area (Å²) in [5.41, 5.74) is 10.7. The Kier molecular flexibility index (Phi) is 6.17. The number of para-hydroxylation sites is 1. The standard InChI is InChI=1S/C44H28N2/c1-3-11-32-24-34(18-16-29(32)8-1)35-21-23-43-40(27-35)39(28-44(46-43)38-19-17-30-9-2-4-12-33(30)25-38)36-13-7-14-37(26-36)42-22-20-31-10-5-6-15-41(31)45-42/h1-28H. The van der Waals surface area contributed by atoms with E-state index >= 15 is 0 Å². The first-order chi connectivity index (χ1) is 22.7. The summed E-state index contributed by atoms with van der Waals surface area (Å²) in [4.78, 5) is 10.2. The first kappa shape index (κ1) is 26.3. The molecule has 0 aliphatic rings. The van der Waals surface area contributed by atoms with Gasteiger partial charge in [0.2, 0.25) is 0 Å². The van der Waals surface area contributed by atoms with E-state index in [9.17, 15) is 0 Å². The molecule has 2 heteroatoms. The Morgan fingerprint density at radius 1 is 0.283 bits per heavy atom. The highest BCUT2D eigenvalue weighted by atomic mass is 14.7. The summed E-state index contributed by atoms with van der Waals surface area (Å²) in [5, 5.41) is 7.18. The minimum atomic E-state index is 0.959. The summed E-state index contributed by atoms with van der Waals surface area (Å²) >= 11 is 0. The molecule has 9 rings (SSSR count). The zero-order valence-corrected chi connectivity index (χ0v) is 25.1. The molecule has 9 aromatic rings. The molecule has 0 saturated heterocycles. The van der Waals surface area contributed by atoms with Crippen molar-refractivity contribution >= 4 is 43.4 Å². The van der Waals surface area contributed by atoms with Gasteiger partial charge in [-0.3, -0.25) is 0 Å². The lowest BCUT2D eigenvalue weighted by atomic mass is 9.93. The zero-order valence-electron chi connectivity index (χ0n) is 25.1. The molecular weight excluding hydrogens is 556 g/mol. The Labute approximate surface area is 267 Å². The Balaban J connectivity index is 1.24. The molecule has 0 aliphatic heterocycles. The van der Waals surface area contributed by atoms with E-state index < -0.39 is 0 Å². The maximum absolute atomic E-state index is 5.23. The van der Waals surface area contributed by atoms with Crippen molar-refractivity contribution in [3.63, 3.8) is 0 Å². The van der Waals surface area contributed by atoms with Gasteiger partial charge in [0.15, 0.2) is 0 Å². The first-order valence-corrected chi connectivity index (χ1v) is 15.6. The molecule has 46 heavy (non-hydrogen) atoms. The molecule has 0 fully saturated rings. The molecule has 0 saturated carbocycles. The van der Waals surface area contributed by atoms with E-state index in [-0.39, 0.29) is 0 Å². The van der Waals surface area contributed by atoms with E-state index in [0.717, 1.165) is 55.4 Å². The highest BCUT2D eigenvalue weighted by Crippen LogP contribution is 2.37. The zero-order chi connectivity index (χ0) is 30.5. The average Bonchev–Trinajstić information content (AvgIpc) is 3.13. The fourth-order valence-electron chi connectivity index (χ4n) is 6.58. The van der Waals surface area contributed by atoms with Crippen LogP contribution in [0.15, 0.2) is 170 Å². The predicted octanol–water partition coefficient (Wildman–Crippen LogP) is 11.8. The van der Waals surface area contributed by atoms with E-state index in [1.54, 1.807) is 0 Å². The molecule has 0 aliphatic carbocycles. The van der Waals surface area contributed by atoms with Crippen LogP contribution in [0.25, 0.3) is 88.1 Å². The van der Waals surface area contributed by atoms with Crippen molar-refractivity contribution in [1.29, 1.82) is 0 Å². The van der Waals surface area contributed by atoms with Gasteiger partial charge in [0, 0.05) is 21.9 Å². The van der Waals surface area contributed by atoms with Gasteiger partial charge in [0.05, 0.1) is 22.4 Å². The van der Waals surface area contributed by atoms with Crippen LogP contribution in [0.1, 0.15) is 0 Å². The number of hydrogen-bond acceptors (Lipinski definition) is 2. The Bertz CT molecular complexity index is 2600. The monoisotopic (exact) mass is 584 g/mol. The van der Waals surface area contributed by atoms with E-state index in [1.807, 2.05) is 6.07 Å². The summed E-state index contributed by atoms with van der Waals surface area (Å²) < 4.78 is 0. The van der Waals surface area contributed by atoms with Crippen molar-refractivity contribution in [2.75, 3.05) is 0 Å². The third-order valence-corrected chi connectivity index (χ3v) is 9.00. The molecule has 0 amide bonds. The van der Waals surface area contributed by atoms with Crippen LogP contribution >= 0.6 is 0 Å². The maximum atomic E-state index is 5.23. The molecule has 0 unspecified atom stereocenters. The van der Waals surface area contributed by atoms with E-state index in [2.05, 4.69) is 164 Å². The number of nitrogens with zero attached hydrogens (tertiary/aromatic N) is 2. The van der Waals surface area contributed by atoms with Crippen LogP contribution < -0.4 is 0 Å². The van der Waals surface area contributed by atoms with Crippen LogP contribution in [0.4, 0.5) is 0 Å². The minimum Gasteiger partial charge on any atom is -0.248 e. The van der Waals surface area contributed by atoms with Crippen LogP contribution in [-0.2, 0) is 0 Å². The summed E-state index contributed by atoms with van der Waals surface area (Å²) in [6.07, 6.45) is 0. The van der Waals surface area contributed by atoms with Crippen molar-refractivity contribution in [2.24, 2.45) is 0 Å². The molecule has 0 bridgehead atoms. The first-order valence-electron chi connectivity index (χ1n) is 15.6. The number of rotatable bonds is 4. The maximum Gasteiger partial charge on any atom is 0.0716 e. The van der Waals surface area contributed by atoms with Gasteiger partial charge in [0.1, 0.15) is 0 Å². The quantitative estimate of drug-likeness (QED) is 0.206. The Morgan fingerprint density at radius 2 is 0.848 bits per heavy atom. The lowest BCUT2D eigenvalue weighted by Crippen LogP contribution is -1.92. The van der Waals surface area contributed by atoms with Crippen LogP contribution in [-0.4, -0.2) is 9.97 Å². The second-order valence-corrected chi connectivity index (χ2v) is 11.9. The SMILES string of the molecule is c1cc(-c2ccc3ccccc3n2)cc(-c2cc(-c3ccc4ccccc4c3)nc3ccc(-c4ccc5ccccc5c4)cc23)c1. The molecule has 0 atom stereocenters. The van der Waals surface area contributed by atoms with E-state index in [4.69, 9.17) is 9.97 Å². The number of fused-ring (bicyclic) bond motifs is 4. The van der Waals surface area contributed by atoms with Gasteiger partial charge in [-0.1, -0.05) is 121 Å². The molecule has 2 heterocycles. The van der Waals surface area contributed by atoms with Crippen molar-refractivity contribution in [3.8, 4) is 44.8 Å². The molecule has 0 N–H and O–H groups in total. The number of pyridine rings is 2. The predicted molar refractivity (Wildman–Crippen MR) is 194 cm³/mol. The molecular formula is C44H28N2. The third kappa shape index (κ3) is 4.68. The van der Waals surface area contributed by atoms with Gasteiger partial charge >= 0.3 is 0 Å². The van der Waals surface area contributed by atoms with Crippen LogP contribution in [0, 0.1) is 0 Å². The summed E-state index contributed by atoms with van der Waals surface area (Å²) in [5.74, 6) is 0. The third-order valence-electron chi connectivity index (χ3n) is 9.00. The van der Waals surface area contributed by atoms with Crippen molar-refractivity contribution in [1.82, 2.24) is 9.97 Å². The second kappa shape index (κ2) is 10.8. The molecule has 2 aromatic heterocycles. The lowest BCUT2D eigenvalue weighted by Gasteiger charge is -2.14. The normalized spacial score (nSPS) is 11.5.